The average molecular weight is 618 g/mol. The van der Waals surface area contributed by atoms with Gasteiger partial charge in [-0.2, -0.15) is 0 Å². The van der Waals surface area contributed by atoms with Crippen LogP contribution in [0.4, 0.5) is 5.69 Å². The number of rotatable bonds is 11. The summed E-state index contributed by atoms with van der Waals surface area (Å²) in [4.78, 5) is 55.8. The Kier molecular flexibility index (Phi) is 9.50. The third-order valence-corrected chi connectivity index (χ3v) is 9.50. The molecule has 4 amide bonds. The van der Waals surface area contributed by atoms with Gasteiger partial charge in [0.1, 0.15) is 18.1 Å². The normalized spacial score (nSPS) is 19.1. The van der Waals surface area contributed by atoms with Crippen LogP contribution in [0.25, 0.3) is 10.1 Å². The van der Waals surface area contributed by atoms with Gasteiger partial charge < -0.3 is 27.1 Å². The Labute approximate surface area is 260 Å². The summed E-state index contributed by atoms with van der Waals surface area (Å²) in [6, 6.07) is 11.2. The molecule has 0 fully saturated rings. The number of amides is 4. The smallest absolute Gasteiger partial charge is 0.250 e. The van der Waals surface area contributed by atoms with Gasteiger partial charge in [0.05, 0.1) is 18.7 Å². The maximum absolute atomic E-state index is 14.1. The number of nitrogens with zero attached hydrogens (tertiary/aromatic N) is 1. The van der Waals surface area contributed by atoms with E-state index in [2.05, 4.69) is 21.4 Å². The number of aryl methyl sites for hydroxylation is 1. The highest BCUT2D eigenvalue weighted by Crippen LogP contribution is 2.39. The van der Waals surface area contributed by atoms with Gasteiger partial charge in [-0.25, -0.2) is 0 Å². The van der Waals surface area contributed by atoms with E-state index in [0.717, 1.165) is 32.5 Å². The highest BCUT2D eigenvalue weighted by atomic mass is 32.1. The Morgan fingerprint density at radius 3 is 2.68 bits per heavy atom. The monoisotopic (exact) mass is 617 g/mol. The molecule has 44 heavy (non-hydrogen) atoms. The third-order valence-electron chi connectivity index (χ3n) is 8.49. The Balaban J connectivity index is 1.32. The highest BCUT2D eigenvalue weighted by Gasteiger charge is 2.44. The first-order chi connectivity index (χ1) is 21.2. The molecule has 4 atom stereocenters. The van der Waals surface area contributed by atoms with E-state index in [-0.39, 0.29) is 36.6 Å². The number of hydrogen-bond donors (Lipinski definition) is 6. The second-order valence-corrected chi connectivity index (χ2v) is 12.3. The molecular weight excluding hydrogens is 578 g/mol. The van der Waals surface area contributed by atoms with Gasteiger partial charge in [0.2, 0.25) is 23.6 Å². The zero-order valence-electron chi connectivity index (χ0n) is 24.9. The van der Waals surface area contributed by atoms with Gasteiger partial charge in [-0.15, -0.1) is 11.3 Å². The van der Waals surface area contributed by atoms with E-state index in [1.807, 2.05) is 61.7 Å². The molecule has 0 spiro atoms. The molecule has 2 aliphatic rings. The SMILES string of the molecule is CC[C@H](C)[C@H](NC(=O)Cc1csc2ccccc12)C(=O)N[C@H]1CCc2cccc3c2N(C1=O)[C@H](C(=O)NC/C(N)=C/NN)C3. The molecule has 0 aliphatic carbocycles. The number of carbonyl (C=O) groups excluding carboxylic acids is 4. The molecule has 3 aromatic rings. The van der Waals surface area contributed by atoms with E-state index in [9.17, 15) is 19.2 Å². The lowest BCUT2D eigenvalue weighted by atomic mass is 9.96. The van der Waals surface area contributed by atoms with Crippen LogP contribution in [0.2, 0.25) is 0 Å². The second-order valence-electron chi connectivity index (χ2n) is 11.4. The van der Waals surface area contributed by atoms with Gasteiger partial charge in [-0.3, -0.25) is 29.9 Å². The number of nitrogens with two attached hydrogens (primary N) is 2. The van der Waals surface area contributed by atoms with Gasteiger partial charge in [0, 0.05) is 23.0 Å². The largest absolute Gasteiger partial charge is 0.399 e. The fourth-order valence-corrected chi connectivity index (χ4v) is 6.93. The molecule has 2 aromatic carbocycles. The van der Waals surface area contributed by atoms with Crippen molar-refractivity contribution >= 4 is 50.7 Å². The van der Waals surface area contributed by atoms with E-state index in [4.69, 9.17) is 11.6 Å². The molecule has 0 saturated heterocycles. The predicted octanol–water partition coefficient (Wildman–Crippen LogP) is 1.74. The van der Waals surface area contributed by atoms with E-state index in [1.165, 1.54) is 11.1 Å². The molecule has 5 rings (SSSR count). The number of nitrogens with one attached hydrogen (secondary N) is 4. The van der Waals surface area contributed by atoms with Crippen molar-refractivity contribution in [3.63, 3.8) is 0 Å². The van der Waals surface area contributed by atoms with Crippen molar-refractivity contribution in [2.75, 3.05) is 11.4 Å². The number of anilines is 1. The molecule has 0 saturated carbocycles. The van der Waals surface area contributed by atoms with Crippen LogP contribution in [0.1, 0.15) is 43.4 Å². The predicted molar refractivity (Wildman–Crippen MR) is 171 cm³/mol. The molecule has 232 valence electrons. The lowest BCUT2D eigenvalue weighted by Crippen LogP contribution is -2.58. The van der Waals surface area contributed by atoms with Crippen molar-refractivity contribution in [1.29, 1.82) is 0 Å². The first kappa shape index (κ1) is 31.0. The Hall–Kier alpha value is -4.42. The van der Waals surface area contributed by atoms with Gasteiger partial charge in [-0.1, -0.05) is 56.7 Å². The number of hydrogen-bond acceptors (Lipinski definition) is 8. The second kappa shape index (κ2) is 13.5. The quantitative estimate of drug-likeness (QED) is 0.141. The number of benzene rings is 2. The Morgan fingerprint density at radius 2 is 1.91 bits per heavy atom. The molecule has 0 bridgehead atoms. The minimum Gasteiger partial charge on any atom is -0.399 e. The number of fused-ring (bicyclic) bond motifs is 1. The van der Waals surface area contributed by atoms with Crippen molar-refractivity contribution in [3.8, 4) is 0 Å². The van der Waals surface area contributed by atoms with Gasteiger partial charge >= 0.3 is 0 Å². The van der Waals surface area contributed by atoms with Gasteiger partial charge in [0.25, 0.3) is 0 Å². The summed E-state index contributed by atoms with van der Waals surface area (Å²) in [6.45, 7) is 3.92. The molecule has 8 N–H and O–H groups in total. The molecular formula is C32H39N7O4S. The van der Waals surface area contributed by atoms with Crippen molar-refractivity contribution < 1.29 is 19.2 Å². The maximum Gasteiger partial charge on any atom is 0.250 e. The number of para-hydroxylation sites is 1. The lowest BCUT2D eigenvalue weighted by molar-refractivity contribution is -0.133. The lowest BCUT2D eigenvalue weighted by Gasteiger charge is -2.30. The highest BCUT2D eigenvalue weighted by molar-refractivity contribution is 7.17. The van der Waals surface area contributed by atoms with E-state index in [0.29, 0.717) is 31.4 Å². The van der Waals surface area contributed by atoms with Crippen LogP contribution < -0.4 is 37.9 Å². The molecule has 0 radical (unpaired) electrons. The van der Waals surface area contributed by atoms with E-state index >= 15 is 0 Å². The zero-order chi connectivity index (χ0) is 31.4. The zero-order valence-corrected chi connectivity index (χ0v) is 25.7. The van der Waals surface area contributed by atoms with Crippen molar-refractivity contribution in [3.05, 3.63) is 76.4 Å². The summed E-state index contributed by atoms with van der Waals surface area (Å²) < 4.78 is 1.10. The molecule has 0 unspecified atom stereocenters. The van der Waals surface area contributed by atoms with Crippen molar-refractivity contribution in [1.82, 2.24) is 21.4 Å². The minimum atomic E-state index is -0.869. The number of carbonyl (C=O) groups is 4. The van der Waals surface area contributed by atoms with Crippen LogP contribution >= 0.6 is 11.3 Å². The van der Waals surface area contributed by atoms with Gasteiger partial charge in [-0.05, 0) is 52.3 Å². The van der Waals surface area contributed by atoms with Crippen LogP contribution in [0.15, 0.2) is 59.7 Å². The first-order valence-electron chi connectivity index (χ1n) is 14.9. The summed E-state index contributed by atoms with van der Waals surface area (Å²) in [6.07, 6.45) is 3.44. The van der Waals surface area contributed by atoms with Gasteiger partial charge in [0.15, 0.2) is 0 Å². The van der Waals surface area contributed by atoms with Crippen LogP contribution in [-0.4, -0.2) is 48.3 Å². The standard InChI is InChI=1S/C32H39N7O4S/c1-3-18(2)28(38-27(40)14-21-17-44-26-10-5-4-9-23(21)26)31(42)37-24-12-11-19-7-6-8-20-13-25(39(29(19)20)32(24)43)30(41)35-15-22(33)16-36-34/h4-10,16-18,24-25,28,36H,3,11-15,33-34H2,1-2H3,(H,35,41)(H,37,42)(H,38,40)/b22-16-/t18-,24-,25-,28-/m0/s1. The van der Waals surface area contributed by atoms with Crippen LogP contribution in [0.5, 0.6) is 0 Å². The fraction of sp³-hybridized carbons (Fsp3) is 0.375. The number of thiophene rings is 1. The maximum atomic E-state index is 14.1. The summed E-state index contributed by atoms with van der Waals surface area (Å²) in [7, 11) is 0. The molecule has 3 heterocycles. The Bertz CT molecular complexity index is 1600. The topological polar surface area (TPSA) is 172 Å². The average Bonchev–Trinajstić information content (AvgIpc) is 3.58. The molecule has 1 aromatic heterocycles. The molecule has 12 heteroatoms. The molecule has 11 nitrogen and oxygen atoms in total. The summed E-state index contributed by atoms with van der Waals surface area (Å²) in [5, 5.41) is 11.7. The number of hydrazine groups is 1. The summed E-state index contributed by atoms with van der Waals surface area (Å²) in [5.41, 5.74) is 12.0. The Morgan fingerprint density at radius 1 is 1.14 bits per heavy atom. The third kappa shape index (κ3) is 6.41. The van der Waals surface area contributed by atoms with E-state index in [1.54, 1.807) is 11.3 Å². The fourth-order valence-electron chi connectivity index (χ4n) is 5.97. The molecule has 2 aliphatic heterocycles. The minimum absolute atomic E-state index is 0.0579. The summed E-state index contributed by atoms with van der Waals surface area (Å²) in [5.74, 6) is 3.72. The van der Waals surface area contributed by atoms with Crippen LogP contribution in [0.3, 0.4) is 0 Å². The van der Waals surface area contributed by atoms with Crippen molar-refractivity contribution in [2.24, 2.45) is 17.5 Å². The first-order valence-corrected chi connectivity index (χ1v) is 15.8. The van der Waals surface area contributed by atoms with Crippen LogP contribution in [-0.2, 0) is 38.4 Å². The van der Waals surface area contributed by atoms with Crippen LogP contribution in [0, 0.1) is 5.92 Å². The summed E-state index contributed by atoms with van der Waals surface area (Å²) >= 11 is 1.58. The van der Waals surface area contributed by atoms with Crippen molar-refractivity contribution in [2.45, 2.75) is 64.1 Å². The van der Waals surface area contributed by atoms with E-state index < -0.39 is 24.0 Å².